The summed E-state index contributed by atoms with van der Waals surface area (Å²) < 4.78 is 0. The van der Waals surface area contributed by atoms with E-state index in [0.717, 1.165) is 44.8 Å². The Morgan fingerprint density at radius 2 is 1.78 bits per heavy atom. The molecule has 2 heterocycles. The Balaban J connectivity index is 0.000000810. The third-order valence-corrected chi connectivity index (χ3v) is 3.44. The van der Waals surface area contributed by atoms with Crippen LogP contribution in [0.5, 0.6) is 0 Å². The fourth-order valence-electron chi connectivity index (χ4n) is 2.67. The highest BCUT2D eigenvalue weighted by atomic mass is 35.5. The molecular formula is C12H20Cl2N4. The van der Waals surface area contributed by atoms with Crippen molar-refractivity contribution in [3.05, 3.63) is 17.1 Å². The van der Waals surface area contributed by atoms with Crippen molar-refractivity contribution in [1.82, 2.24) is 15.3 Å². The van der Waals surface area contributed by atoms with Crippen LogP contribution in [0.1, 0.15) is 23.5 Å². The lowest BCUT2D eigenvalue weighted by Crippen LogP contribution is -2.44. The van der Waals surface area contributed by atoms with Crippen molar-refractivity contribution >= 4 is 30.6 Å². The lowest BCUT2D eigenvalue weighted by Gasteiger charge is -2.30. The lowest BCUT2D eigenvalue weighted by molar-refractivity contribution is 0.582. The summed E-state index contributed by atoms with van der Waals surface area (Å²) in [5, 5.41) is 3.38. The zero-order valence-corrected chi connectivity index (χ0v) is 12.2. The molecule has 0 amide bonds. The van der Waals surface area contributed by atoms with E-state index in [1.807, 2.05) is 6.92 Å². The highest BCUT2D eigenvalue weighted by Crippen LogP contribution is 2.28. The highest BCUT2D eigenvalue weighted by molar-refractivity contribution is 5.85. The molecule has 1 aromatic rings. The average molecular weight is 291 g/mol. The summed E-state index contributed by atoms with van der Waals surface area (Å²) >= 11 is 0. The first-order valence-electron chi connectivity index (χ1n) is 6.16. The Morgan fingerprint density at radius 1 is 1.06 bits per heavy atom. The number of halogens is 2. The first-order valence-corrected chi connectivity index (χ1v) is 6.16. The molecule has 1 aromatic heterocycles. The van der Waals surface area contributed by atoms with Crippen LogP contribution >= 0.6 is 24.8 Å². The molecule has 0 aromatic carbocycles. The molecule has 1 aliphatic heterocycles. The van der Waals surface area contributed by atoms with E-state index in [4.69, 9.17) is 0 Å². The number of hydrogen-bond donors (Lipinski definition) is 1. The van der Waals surface area contributed by atoms with Crippen LogP contribution in [0.3, 0.4) is 0 Å². The molecule has 18 heavy (non-hydrogen) atoms. The maximum absolute atomic E-state index is 4.66. The predicted octanol–water partition coefficient (Wildman–Crippen LogP) is 1.53. The number of nitrogens with one attached hydrogen (secondary N) is 1. The van der Waals surface area contributed by atoms with Crippen LogP contribution in [0, 0.1) is 6.92 Å². The third-order valence-electron chi connectivity index (χ3n) is 3.44. The molecule has 0 saturated carbocycles. The molecule has 1 aliphatic carbocycles. The van der Waals surface area contributed by atoms with Gasteiger partial charge in [-0.3, -0.25) is 0 Å². The molecule has 1 saturated heterocycles. The molecule has 0 unspecified atom stereocenters. The van der Waals surface area contributed by atoms with Gasteiger partial charge in [-0.25, -0.2) is 9.97 Å². The Bertz CT molecular complexity index is 405. The van der Waals surface area contributed by atoms with Gasteiger partial charge in [0.15, 0.2) is 0 Å². The summed E-state index contributed by atoms with van der Waals surface area (Å²) in [7, 11) is 0. The van der Waals surface area contributed by atoms with E-state index in [2.05, 4.69) is 20.2 Å². The monoisotopic (exact) mass is 290 g/mol. The van der Waals surface area contributed by atoms with Crippen molar-refractivity contribution in [1.29, 1.82) is 0 Å². The van der Waals surface area contributed by atoms with Crippen LogP contribution < -0.4 is 10.2 Å². The Labute approximate surface area is 120 Å². The lowest BCUT2D eigenvalue weighted by atomic mass is 10.2. The van der Waals surface area contributed by atoms with Crippen LogP contribution in [0.4, 0.5) is 5.82 Å². The number of nitrogens with zero attached hydrogens (tertiary/aromatic N) is 3. The minimum atomic E-state index is 0. The van der Waals surface area contributed by atoms with Crippen molar-refractivity contribution in [2.75, 3.05) is 31.1 Å². The average Bonchev–Trinajstić information content (AvgIpc) is 2.77. The standard InChI is InChI=1S/C12H18N4.2ClH/c1-9-14-11-4-2-3-10(11)12(15-9)16-7-5-13-6-8-16;;/h13H,2-8H2,1H3;2*1H. The zero-order chi connectivity index (χ0) is 11.0. The molecule has 2 aliphatic rings. The van der Waals surface area contributed by atoms with E-state index >= 15 is 0 Å². The van der Waals surface area contributed by atoms with Crippen molar-refractivity contribution in [2.45, 2.75) is 26.2 Å². The van der Waals surface area contributed by atoms with Crippen molar-refractivity contribution < 1.29 is 0 Å². The van der Waals surface area contributed by atoms with E-state index in [1.54, 1.807) is 0 Å². The van der Waals surface area contributed by atoms with E-state index < -0.39 is 0 Å². The number of anilines is 1. The molecule has 1 N–H and O–H groups in total. The minimum Gasteiger partial charge on any atom is -0.354 e. The highest BCUT2D eigenvalue weighted by Gasteiger charge is 2.22. The van der Waals surface area contributed by atoms with Gasteiger partial charge in [-0.05, 0) is 26.2 Å². The van der Waals surface area contributed by atoms with E-state index in [9.17, 15) is 0 Å². The summed E-state index contributed by atoms with van der Waals surface area (Å²) in [5.41, 5.74) is 2.70. The zero-order valence-electron chi connectivity index (χ0n) is 10.6. The van der Waals surface area contributed by atoms with Crippen molar-refractivity contribution in [3.8, 4) is 0 Å². The minimum absolute atomic E-state index is 0. The quantitative estimate of drug-likeness (QED) is 0.852. The van der Waals surface area contributed by atoms with Gasteiger partial charge in [0.05, 0.1) is 0 Å². The molecule has 4 nitrogen and oxygen atoms in total. The van der Waals surface area contributed by atoms with Crippen molar-refractivity contribution in [2.24, 2.45) is 0 Å². The van der Waals surface area contributed by atoms with Gasteiger partial charge in [-0.2, -0.15) is 0 Å². The van der Waals surface area contributed by atoms with Gasteiger partial charge in [-0.15, -0.1) is 24.8 Å². The molecule has 3 rings (SSSR count). The Kier molecular flexibility index (Phi) is 5.63. The van der Waals surface area contributed by atoms with Gasteiger partial charge >= 0.3 is 0 Å². The number of piperazine rings is 1. The van der Waals surface area contributed by atoms with E-state index in [-0.39, 0.29) is 24.8 Å². The normalized spacial score (nSPS) is 17.7. The smallest absolute Gasteiger partial charge is 0.135 e. The SMILES string of the molecule is Cc1nc2c(c(N3CCNCC3)n1)CCC2.Cl.Cl. The van der Waals surface area contributed by atoms with Crippen LogP contribution in [0.2, 0.25) is 0 Å². The largest absolute Gasteiger partial charge is 0.354 e. The predicted molar refractivity (Wildman–Crippen MR) is 78.4 cm³/mol. The second-order valence-corrected chi connectivity index (χ2v) is 4.61. The number of hydrogen-bond acceptors (Lipinski definition) is 4. The molecule has 0 spiro atoms. The third kappa shape index (κ3) is 2.87. The molecule has 0 atom stereocenters. The molecule has 1 fully saturated rings. The maximum atomic E-state index is 4.66. The van der Waals surface area contributed by atoms with Gasteiger partial charge in [0.25, 0.3) is 0 Å². The number of fused-ring (bicyclic) bond motifs is 1. The van der Waals surface area contributed by atoms with E-state index in [0.29, 0.717) is 0 Å². The maximum Gasteiger partial charge on any atom is 0.135 e. The van der Waals surface area contributed by atoms with Gasteiger partial charge in [0.1, 0.15) is 11.6 Å². The first kappa shape index (κ1) is 15.5. The topological polar surface area (TPSA) is 41.1 Å². The van der Waals surface area contributed by atoms with Gasteiger partial charge in [0.2, 0.25) is 0 Å². The van der Waals surface area contributed by atoms with E-state index in [1.165, 1.54) is 23.5 Å². The number of aryl methyl sites for hydroxylation is 2. The fourth-order valence-corrected chi connectivity index (χ4v) is 2.67. The Hall–Kier alpha value is -0.580. The number of rotatable bonds is 1. The summed E-state index contributed by atoms with van der Waals surface area (Å²) in [6.45, 7) is 6.28. The second kappa shape index (κ2) is 6.55. The van der Waals surface area contributed by atoms with Crippen LogP contribution in [-0.2, 0) is 12.8 Å². The van der Waals surface area contributed by atoms with Gasteiger partial charge in [0, 0.05) is 37.4 Å². The van der Waals surface area contributed by atoms with Crippen LogP contribution in [0.15, 0.2) is 0 Å². The van der Waals surface area contributed by atoms with Crippen LogP contribution in [-0.4, -0.2) is 36.1 Å². The van der Waals surface area contributed by atoms with Crippen molar-refractivity contribution in [3.63, 3.8) is 0 Å². The van der Waals surface area contributed by atoms with Gasteiger partial charge < -0.3 is 10.2 Å². The Morgan fingerprint density at radius 3 is 2.50 bits per heavy atom. The van der Waals surface area contributed by atoms with Crippen LogP contribution in [0.25, 0.3) is 0 Å². The fraction of sp³-hybridized carbons (Fsp3) is 0.667. The molecule has 6 heteroatoms. The summed E-state index contributed by atoms with van der Waals surface area (Å²) in [5.74, 6) is 2.13. The second-order valence-electron chi connectivity index (χ2n) is 4.61. The molecular weight excluding hydrogens is 271 g/mol. The summed E-state index contributed by atoms with van der Waals surface area (Å²) in [4.78, 5) is 11.6. The summed E-state index contributed by atoms with van der Waals surface area (Å²) in [6.07, 6.45) is 3.54. The molecule has 0 radical (unpaired) electrons. The van der Waals surface area contributed by atoms with Gasteiger partial charge in [-0.1, -0.05) is 0 Å². The molecule has 0 bridgehead atoms. The summed E-state index contributed by atoms with van der Waals surface area (Å²) in [6, 6.07) is 0. The molecule has 102 valence electrons. The number of aromatic nitrogens is 2. The first-order chi connectivity index (χ1) is 7.84.